The number of aromatic nitrogens is 1. The van der Waals surface area contributed by atoms with Gasteiger partial charge in [-0.1, -0.05) is 157 Å². The lowest BCUT2D eigenvalue weighted by molar-refractivity contribution is -0.143. The van der Waals surface area contributed by atoms with Crippen molar-refractivity contribution in [2.24, 2.45) is 5.16 Å². The van der Waals surface area contributed by atoms with Crippen molar-refractivity contribution in [3.8, 4) is 0 Å². The van der Waals surface area contributed by atoms with Gasteiger partial charge in [-0.25, -0.2) is 9.78 Å². The van der Waals surface area contributed by atoms with E-state index in [2.05, 4.69) is 52.2 Å². The van der Waals surface area contributed by atoms with Crippen molar-refractivity contribution in [1.82, 2.24) is 14.6 Å². The first-order valence-corrected chi connectivity index (χ1v) is 21.5. The molecule has 1 saturated heterocycles. The van der Waals surface area contributed by atoms with Gasteiger partial charge < -0.3 is 25.0 Å². The minimum absolute atomic E-state index is 0.0119. The van der Waals surface area contributed by atoms with Crippen molar-refractivity contribution in [1.29, 1.82) is 0 Å². The Morgan fingerprint density at radius 3 is 1.87 bits per heavy atom. The van der Waals surface area contributed by atoms with Gasteiger partial charge in [0.05, 0.1) is 6.04 Å². The van der Waals surface area contributed by atoms with Crippen LogP contribution in [0.25, 0.3) is 0 Å². The van der Waals surface area contributed by atoms with Gasteiger partial charge in [0.1, 0.15) is 30.7 Å². The minimum atomic E-state index is -1.47. The van der Waals surface area contributed by atoms with Crippen LogP contribution in [0.15, 0.2) is 162 Å². The van der Waals surface area contributed by atoms with Crippen molar-refractivity contribution in [3.63, 3.8) is 0 Å². The van der Waals surface area contributed by atoms with Crippen LogP contribution in [0, 0.1) is 0 Å². The Morgan fingerprint density at radius 2 is 1.37 bits per heavy atom. The number of hydrogen-bond donors (Lipinski definition) is 2. The normalized spacial score (nSPS) is 17.6. The molecule has 0 aliphatic carbocycles. The quantitative estimate of drug-likeness (QED) is 0.0213. The van der Waals surface area contributed by atoms with Crippen LogP contribution in [0.4, 0.5) is 9.93 Å². The summed E-state index contributed by atoms with van der Waals surface area (Å²) < 4.78 is 7.68. The van der Waals surface area contributed by atoms with Crippen molar-refractivity contribution in [2.75, 3.05) is 12.4 Å². The van der Waals surface area contributed by atoms with Crippen molar-refractivity contribution >= 4 is 61.1 Å². The topological polar surface area (TPSA) is 139 Å². The van der Waals surface area contributed by atoms with Crippen LogP contribution < -0.4 is 10.6 Å². The van der Waals surface area contributed by atoms with Crippen LogP contribution in [-0.4, -0.2) is 62.5 Å². The molecule has 0 spiro atoms. The van der Waals surface area contributed by atoms with Crippen LogP contribution >= 0.6 is 22.0 Å². The smallest absolute Gasteiger partial charge is 0.381 e. The fourth-order valence-electron chi connectivity index (χ4n) is 7.81. The fraction of sp³-hybridized carbons (Fsp3) is 0.170. The minimum Gasteiger partial charge on any atom is -0.444 e. The van der Waals surface area contributed by atoms with Crippen LogP contribution in [0.2, 0.25) is 0 Å². The van der Waals surface area contributed by atoms with Crippen LogP contribution in [0.5, 0.6) is 0 Å². The number of oxime groups is 1. The number of amides is 2. The summed E-state index contributed by atoms with van der Waals surface area (Å²) in [6, 6.07) is 47.5. The van der Waals surface area contributed by atoms with Gasteiger partial charge in [0.15, 0.2) is 16.9 Å². The van der Waals surface area contributed by atoms with Gasteiger partial charge in [-0.05, 0) is 45.5 Å². The second-order valence-electron chi connectivity index (χ2n) is 14.1. The van der Waals surface area contributed by atoms with Gasteiger partial charge in [0.2, 0.25) is 0 Å². The summed E-state index contributed by atoms with van der Waals surface area (Å²) in [5.41, 5.74) is 3.75. The summed E-state index contributed by atoms with van der Waals surface area (Å²) in [6.45, 7) is 0. The summed E-state index contributed by atoms with van der Waals surface area (Å²) in [5.74, 6) is -1.12. The molecule has 0 saturated carbocycles. The monoisotopic (exact) mass is 835 g/mol. The maximum atomic E-state index is 14.2. The molecular weight excluding hydrogens is 795 g/mol. The third kappa shape index (κ3) is 7.88. The number of nitrogens with zero attached hydrogens (tertiary/aromatic N) is 3. The maximum absolute atomic E-state index is 14.2. The molecule has 8 rings (SSSR count). The Kier molecular flexibility index (Phi) is 12.1. The van der Waals surface area contributed by atoms with Crippen molar-refractivity contribution in [3.05, 3.63) is 191 Å². The highest BCUT2D eigenvalue weighted by Crippen LogP contribution is 2.45. The van der Waals surface area contributed by atoms with E-state index in [0.29, 0.717) is 22.8 Å². The molecule has 0 radical (unpaired) electrons. The number of aldehydes is 1. The molecule has 60 heavy (non-hydrogen) atoms. The number of fused-ring (bicyclic) bond motifs is 1. The summed E-state index contributed by atoms with van der Waals surface area (Å²) in [4.78, 5) is 64.7. The first kappa shape index (κ1) is 40.1. The largest absolute Gasteiger partial charge is 0.444 e. The van der Waals surface area contributed by atoms with Crippen molar-refractivity contribution in [2.45, 2.75) is 43.0 Å². The van der Waals surface area contributed by atoms with Gasteiger partial charge in [0, 0.05) is 22.5 Å². The zero-order chi connectivity index (χ0) is 41.5. The molecule has 2 unspecified atom stereocenters. The second kappa shape index (κ2) is 18.1. The third-order valence-electron chi connectivity index (χ3n) is 10.6. The van der Waals surface area contributed by atoms with E-state index in [1.54, 1.807) is 5.38 Å². The maximum Gasteiger partial charge on any atom is 0.381 e. The summed E-state index contributed by atoms with van der Waals surface area (Å²) >= 11 is 1.30. The van der Waals surface area contributed by atoms with Gasteiger partial charge >= 0.3 is 5.30 Å². The van der Waals surface area contributed by atoms with E-state index in [1.807, 2.05) is 115 Å². The number of carbonyl (C=O) groups excluding carboxylic acids is 4. The van der Waals surface area contributed by atoms with Gasteiger partial charge in [-0.15, -0.1) is 11.3 Å². The number of hydrogen-bond acceptors (Lipinski definition) is 10. The molecule has 1 fully saturated rings. The average Bonchev–Trinajstić information content (AvgIpc) is 3.77. The number of β-lactam (4-membered cyclic amide) rings is 1. The molecule has 2 N–H and O–H groups in total. The lowest BCUT2D eigenvalue weighted by Crippen LogP contribution is -2.70. The number of thiazole rings is 1. The highest BCUT2D eigenvalue weighted by Gasteiger charge is 2.54. The van der Waals surface area contributed by atoms with E-state index in [0.717, 1.165) is 34.1 Å². The average molecular weight is 836 g/mol. The molecular formula is C47H41N5O6S2. The molecule has 2 amide bonds. The molecule has 0 bridgehead atoms. The summed E-state index contributed by atoms with van der Waals surface area (Å²) in [5, 5.41) is 12.3. The molecule has 2 aliphatic rings. The zero-order valence-electron chi connectivity index (χ0n) is 32.5. The first-order chi connectivity index (χ1) is 29.4. The Hall–Kier alpha value is -6.70. The Bertz CT molecular complexity index is 2400. The first-order valence-electron chi connectivity index (χ1n) is 19.4. The standard InChI is InChI=1S/C47H41N5O6S2/c1-57-51-40(38-31-59-45(48-38)50-47(34-21-11-4-12-22-34,35-23-13-5-14-24-35)36-25-15-6-16-26-36)43(54)49-41-39-28-27-37(29-30-53)60(52(39)44(41)55)46(56)58-42(32-17-7-2-8-18-32)33-19-9-3-10-20-33/h2-26,30-31,39,41-42H,27-29H2,1H3,(H,48,50)(H,49,54)/t39-,41?,60?/m0/s1. The Morgan fingerprint density at radius 1 is 0.850 bits per heavy atom. The van der Waals surface area contributed by atoms with Crippen LogP contribution in [0.3, 0.4) is 0 Å². The van der Waals surface area contributed by atoms with E-state index < -0.39 is 51.5 Å². The zero-order valence-corrected chi connectivity index (χ0v) is 34.2. The Balaban J connectivity index is 1.04. The van der Waals surface area contributed by atoms with Gasteiger partial charge in [-0.2, -0.15) is 0 Å². The van der Waals surface area contributed by atoms with E-state index in [1.165, 1.54) is 22.8 Å². The predicted octanol–water partition coefficient (Wildman–Crippen LogP) is 8.26. The van der Waals surface area contributed by atoms with Crippen molar-refractivity contribution < 1.29 is 28.8 Å². The SMILES string of the molecule is CON=C(C(=O)NC1C(=O)N2[C@H]1CCC(CC=O)=S2C(=O)OC(c1ccccc1)c1ccccc1)c1csc(NC(c2ccccc2)(c2ccccc2)c2ccccc2)n1. The van der Waals surface area contributed by atoms with Crippen LogP contribution in [0.1, 0.15) is 58.9 Å². The molecule has 1 aromatic heterocycles. The Labute approximate surface area is 354 Å². The van der Waals surface area contributed by atoms with E-state index >= 15 is 0 Å². The highest BCUT2D eigenvalue weighted by molar-refractivity contribution is 8.26. The summed E-state index contributed by atoms with van der Waals surface area (Å²) in [7, 11) is -0.136. The van der Waals surface area contributed by atoms with E-state index in [4.69, 9.17) is 14.6 Å². The van der Waals surface area contributed by atoms with E-state index in [-0.39, 0.29) is 17.8 Å². The second-order valence-corrected chi connectivity index (χ2v) is 16.8. The number of rotatable bonds is 14. The van der Waals surface area contributed by atoms with E-state index in [9.17, 15) is 19.2 Å². The molecule has 3 atom stereocenters. The summed E-state index contributed by atoms with van der Waals surface area (Å²) in [6.07, 6.45) is 0.871. The molecule has 13 heteroatoms. The number of nitrogens with one attached hydrogen (secondary N) is 2. The predicted molar refractivity (Wildman–Crippen MR) is 235 cm³/mol. The number of anilines is 1. The molecule has 11 nitrogen and oxygen atoms in total. The van der Waals surface area contributed by atoms with Gasteiger partial charge in [0.25, 0.3) is 11.8 Å². The fourth-order valence-corrected chi connectivity index (χ4v) is 10.8. The molecule has 302 valence electrons. The van der Waals surface area contributed by atoms with Gasteiger partial charge in [-0.3, -0.25) is 13.9 Å². The number of ether oxygens (including phenoxy) is 1. The number of benzene rings is 5. The number of carbonyl (C=O) groups is 4. The molecule has 2 aliphatic heterocycles. The lowest BCUT2D eigenvalue weighted by Gasteiger charge is -2.50. The third-order valence-corrected chi connectivity index (χ3v) is 13.5. The molecule has 3 heterocycles. The highest BCUT2D eigenvalue weighted by atomic mass is 32.2. The molecule has 5 aromatic carbocycles. The van der Waals surface area contributed by atoms with Crippen LogP contribution in [-0.2, 0) is 29.5 Å². The lowest BCUT2D eigenvalue weighted by atomic mass is 9.77. The molecule has 6 aromatic rings.